The van der Waals surface area contributed by atoms with Gasteiger partial charge in [0.15, 0.2) is 4.34 Å². The fraction of sp³-hybridized carbons (Fsp3) is 0.227. The van der Waals surface area contributed by atoms with Crippen LogP contribution in [-0.4, -0.2) is 32.6 Å². The zero-order valence-electron chi connectivity index (χ0n) is 18.3. The number of H-pyrrole nitrogens is 1. The standard InChI is InChI=1S/C22H22N6O2S3/c1-5-8-23-21-27-28-22(33-21)31-10-15-25-18(29)16-13(4)17(32-20(16)26-15)19(30)24-14-7-6-11(2)9-12(14)3/h5-7,9H,1,8,10H2,2-4H3,(H,23,27)(H,24,30)(H,25,26,29). The Labute approximate surface area is 202 Å². The fourth-order valence-corrected chi connectivity index (χ4v) is 5.96. The normalized spacial score (nSPS) is 11.0. The number of thioether (sulfide) groups is 1. The Kier molecular flexibility index (Phi) is 6.91. The van der Waals surface area contributed by atoms with Crippen molar-refractivity contribution in [3.63, 3.8) is 0 Å². The largest absolute Gasteiger partial charge is 0.357 e. The highest BCUT2D eigenvalue weighted by atomic mass is 32.2. The lowest BCUT2D eigenvalue weighted by molar-refractivity contribution is 0.103. The highest BCUT2D eigenvalue weighted by Crippen LogP contribution is 2.30. The molecule has 1 amide bonds. The lowest BCUT2D eigenvalue weighted by Gasteiger charge is -2.08. The van der Waals surface area contributed by atoms with E-state index in [1.165, 1.54) is 34.4 Å². The number of aryl methyl sites for hydroxylation is 3. The molecule has 0 unspecified atom stereocenters. The number of benzene rings is 1. The van der Waals surface area contributed by atoms with Gasteiger partial charge < -0.3 is 15.6 Å². The molecule has 33 heavy (non-hydrogen) atoms. The minimum atomic E-state index is -0.250. The van der Waals surface area contributed by atoms with Crippen molar-refractivity contribution in [3.8, 4) is 0 Å². The Morgan fingerprint density at radius 3 is 2.82 bits per heavy atom. The molecule has 3 N–H and O–H groups in total. The summed E-state index contributed by atoms with van der Waals surface area (Å²) in [6, 6.07) is 5.85. The van der Waals surface area contributed by atoms with Crippen molar-refractivity contribution in [2.75, 3.05) is 17.2 Å². The lowest BCUT2D eigenvalue weighted by atomic mass is 10.1. The van der Waals surface area contributed by atoms with Crippen LogP contribution in [0.4, 0.5) is 10.8 Å². The first-order valence-corrected chi connectivity index (χ1v) is 12.7. The molecule has 3 heterocycles. The molecule has 0 spiro atoms. The van der Waals surface area contributed by atoms with E-state index in [9.17, 15) is 9.59 Å². The first kappa shape index (κ1) is 23.1. The van der Waals surface area contributed by atoms with Crippen molar-refractivity contribution in [1.82, 2.24) is 20.2 Å². The van der Waals surface area contributed by atoms with E-state index in [0.717, 1.165) is 21.2 Å². The van der Waals surface area contributed by atoms with Gasteiger partial charge in [0.1, 0.15) is 10.7 Å². The number of thiophene rings is 1. The first-order chi connectivity index (χ1) is 15.9. The summed E-state index contributed by atoms with van der Waals surface area (Å²) < 4.78 is 0.764. The molecular formula is C22H22N6O2S3. The number of nitrogens with zero attached hydrogens (tertiary/aromatic N) is 3. The van der Waals surface area contributed by atoms with Crippen molar-refractivity contribution >= 4 is 61.4 Å². The summed E-state index contributed by atoms with van der Waals surface area (Å²) in [4.78, 5) is 34.2. The maximum absolute atomic E-state index is 13.0. The fourth-order valence-electron chi connectivity index (χ4n) is 3.24. The topological polar surface area (TPSA) is 113 Å². The molecule has 4 aromatic rings. The predicted octanol–water partition coefficient (Wildman–Crippen LogP) is 4.90. The number of amides is 1. The number of hydrogen-bond donors (Lipinski definition) is 3. The summed E-state index contributed by atoms with van der Waals surface area (Å²) in [6.07, 6.45) is 1.75. The summed E-state index contributed by atoms with van der Waals surface area (Å²) in [5, 5.41) is 15.4. The molecule has 0 bridgehead atoms. The molecule has 0 fully saturated rings. The lowest BCUT2D eigenvalue weighted by Crippen LogP contribution is -2.13. The summed E-state index contributed by atoms with van der Waals surface area (Å²) in [7, 11) is 0. The minimum Gasteiger partial charge on any atom is -0.357 e. The number of carbonyl (C=O) groups excluding carboxylic acids is 1. The molecule has 0 saturated heterocycles. The molecule has 8 nitrogen and oxygen atoms in total. The number of hydrogen-bond acceptors (Lipinski definition) is 9. The number of nitrogens with one attached hydrogen (secondary N) is 3. The van der Waals surface area contributed by atoms with Crippen molar-refractivity contribution in [3.05, 3.63) is 68.6 Å². The van der Waals surface area contributed by atoms with Crippen LogP contribution in [0.25, 0.3) is 10.2 Å². The van der Waals surface area contributed by atoms with Gasteiger partial charge in [-0.3, -0.25) is 9.59 Å². The second-order valence-corrected chi connectivity index (χ2v) is 10.6. The number of aromatic amines is 1. The molecule has 0 radical (unpaired) electrons. The monoisotopic (exact) mass is 498 g/mol. The second kappa shape index (κ2) is 9.86. The molecule has 0 atom stereocenters. The summed E-state index contributed by atoms with van der Waals surface area (Å²) >= 11 is 4.09. The molecule has 0 saturated carbocycles. The minimum absolute atomic E-state index is 0.244. The van der Waals surface area contributed by atoms with Crippen LogP contribution in [0.1, 0.15) is 32.2 Å². The number of carbonyl (C=O) groups is 1. The van der Waals surface area contributed by atoms with Crippen molar-refractivity contribution < 1.29 is 4.79 Å². The maximum Gasteiger partial charge on any atom is 0.266 e. The number of aromatic nitrogens is 4. The van der Waals surface area contributed by atoms with Crippen LogP contribution in [0.3, 0.4) is 0 Å². The molecule has 0 aliphatic carbocycles. The smallest absolute Gasteiger partial charge is 0.266 e. The van der Waals surface area contributed by atoms with Gasteiger partial charge in [-0.25, -0.2) is 4.98 Å². The van der Waals surface area contributed by atoms with Gasteiger partial charge in [0, 0.05) is 12.2 Å². The van der Waals surface area contributed by atoms with Crippen molar-refractivity contribution in [2.45, 2.75) is 30.9 Å². The average molecular weight is 499 g/mol. The Morgan fingerprint density at radius 2 is 2.06 bits per heavy atom. The van der Waals surface area contributed by atoms with Gasteiger partial charge >= 0.3 is 0 Å². The highest BCUT2D eigenvalue weighted by Gasteiger charge is 2.20. The number of rotatable bonds is 8. The molecule has 0 aliphatic rings. The molecule has 1 aromatic carbocycles. The molecular weight excluding hydrogens is 476 g/mol. The Morgan fingerprint density at radius 1 is 1.24 bits per heavy atom. The van der Waals surface area contributed by atoms with Gasteiger partial charge in [0.2, 0.25) is 5.13 Å². The van der Waals surface area contributed by atoms with E-state index in [2.05, 4.69) is 37.4 Å². The maximum atomic E-state index is 13.0. The van der Waals surface area contributed by atoms with Gasteiger partial charge in [-0.1, -0.05) is 46.9 Å². The summed E-state index contributed by atoms with van der Waals surface area (Å²) in [5.41, 5.74) is 3.24. The Balaban J connectivity index is 1.54. The zero-order valence-corrected chi connectivity index (χ0v) is 20.8. The van der Waals surface area contributed by atoms with Crippen LogP contribution in [0.2, 0.25) is 0 Å². The summed E-state index contributed by atoms with van der Waals surface area (Å²) in [5.74, 6) is 0.713. The van der Waals surface area contributed by atoms with E-state index in [0.29, 0.717) is 43.9 Å². The SMILES string of the molecule is C=CCNc1nnc(SCc2nc3sc(C(=O)Nc4ccc(C)cc4C)c(C)c3c(=O)[nH]2)s1. The van der Waals surface area contributed by atoms with Gasteiger partial charge in [-0.05, 0) is 38.0 Å². The van der Waals surface area contributed by atoms with E-state index in [1.54, 1.807) is 13.0 Å². The zero-order chi connectivity index (χ0) is 23.5. The Hall–Kier alpha value is -3.02. The van der Waals surface area contributed by atoms with E-state index >= 15 is 0 Å². The van der Waals surface area contributed by atoms with Gasteiger partial charge in [-0.2, -0.15) is 0 Å². The quantitative estimate of drug-likeness (QED) is 0.234. The highest BCUT2D eigenvalue weighted by molar-refractivity contribution is 8.00. The van der Waals surface area contributed by atoms with Gasteiger partial charge in [0.05, 0.1) is 16.0 Å². The average Bonchev–Trinajstić information content (AvgIpc) is 3.37. The molecule has 3 aromatic heterocycles. The van der Waals surface area contributed by atoms with Crippen LogP contribution < -0.4 is 16.2 Å². The molecule has 4 rings (SSSR count). The molecule has 170 valence electrons. The van der Waals surface area contributed by atoms with E-state index < -0.39 is 0 Å². The Bertz CT molecular complexity index is 1410. The van der Waals surface area contributed by atoms with E-state index in [1.807, 2.05) is 32.0 Å². The van der Waals surface area contributed by atoms with Crippen LogP contribution in [-0.2, 0) is 5.75 Å². The van der Waals surface area contributed by atoms with Gasteiger partial charge in [0.25, 0.3) is 11.5 Å². The third-order valence-corrected chi connectivity index (χ3v) is 8.03. The predicted molar refractivity (Wildman–Crippen MR) is 137 cm³/mol. The number of anilines is 2. The first-order valence-electron chi connectivity index (χ1n) is 10.1. The molecule has 0 aliphatic heterocycles. The van der Waals surface area contributed by atoms with E-state index in [-0.39, 0.29) is 11.5 Å². The van der Waals surface area contributed by atoms with E-state index in [4.69, 9.17) is 0 Å². The molecule has 11 heteroatoms. The van der Waals surface area contributed by atoms with Crippen LogP contribution in [0.15, 0.2) is 40.0 Å². The van der Waals surface area contributed by atoms with Crippen molar-refractivity contribution in [1.29, 1.82) is 0 Å². The summed E-state index contributed by atoms with van der Waals surface area (Å²) in [6.45, 7) is 10.0. The van der Waals surface area contributed by atoms with Crippen LogP contribution >= 0.6 is 34.4 Å². The number of fused-ring (bicyclic) bond motifs is 1. The van der Waals surface area contributed by atoms with Crippen LogP contribution in [0.5, 0.6) is 0 Å². The van der Waals surface area contributed by atoms with Crippen molar-refractivity contribution in [2.24, 2.45) is 0 Å². The third-order valence-electron chi connectivity index (χ3n) is 4.82. The van der Waals surface area contributed by atoms with Gasteiger partial charge in [-0.15, -0.1) is 28.1 Å². The third kappa shape index (κ3) is 5.15. The van der Waals surface area contributed by atoms with Crippen LogP contribution in [0, 0.1) is 20.8 Å². The second-order valence-electron chi connectivity index (χ2n) is 7.35.